The fourth-order valence-corrected chi connectivity index (χ4v) is 1.35. The van der Waals surface area contributed by atoms with E-state index in [0.29, 0.717) is 5.41 Å². The molecule has 2 heteroatoms. The van der Waals surface area contributed by atoms with Gasteiger partial charge in [-0.05, 0) is 32.4 Å². The van der Waals surface area contributed by atoms with Crippen molar-refractivity contribution in [3.8, 4) is 0 Å². The smallest absolute Gasteiger partial charge is 0.0475 e. The maximum absolute atomic E-state index is 3.14. The molecule has 60 valence electrons. The summed E-state index contributed by atoms with van der Waals surface area (Å²) in [4.78, 5) is 2.34. The van der Waals surface area contributed by atoms with Crippen LogP contribution in [0.2, 0.25) is 0 Å². The lowest BCUT2D eigenvalue weighted by Gasteiger charge is -2.19. The zero-order valence-corrected chi connectivity index (χ0v) is 7.28. The second-order valence-electron chi connectivity index (χ2n) is 3.84. The van der Waals surface area contributed by atoms with Gasteiger partial charge in [-0.1, -0.05) is 6.92 Å². The monoisotopic (exact) mass is 142 g/mol. The number of nitrogens with zero attached hydrogens (tertiary/aromatic N) is 1. The van der Waals surface area contributed by atoms with Gasteiger partial charge in [0.05, 0.1) is 0 Å². The summed E-state index contributed by atoms with van der Waals surface area (Å²) in [6, 6.07) is 0. The van der Waals surface area contributed by atoms with Crippen molar-refractivity contribution in [2.45, 2.75) is 19.8 Å². The van der Waals surface area contributed by atoms with E-state index in [0.717, 1.165) is 6.67 Å². The Morgan fingerprint density at radius 1 is 1.50 bits per heavy atom. The van der Waals surface area contributed by atoms with Gasteiger partial charge in [-0.2, -0.15) is 0 Å². The van der Waals surface area contributed by atoms with Crippen molar-refractivity contribution in [3.63, 3.8) is 0 Å². The summed E-state index contributed by atoms with van der Waals surface area (Å²) in [5.41, 5.74) is 0.658. The van der Waals surface area contributed by atoms with Gasteiger partial charge in [0.25, 0.3) is 0 Å². The van der Waals surface area contributed by atoms with Gasteiger partial charge in [0, 0.05) is 13.2 Å². The number of rotatable bonds is 4. The van der Waals surface area contributed by atoms with Crippen molar-refractivity contribution in [3.05, 3.63) is 0 Å². The molecule has 1 rings (SSSR count). The van der Waals surface area contributed by atoms with E-state index in [-0.39, 0.29) is 0 Å². The Balaban J connectivity index is 2.11. The van der Waals surface area contributed by atoms with Crippen LogP contribution in [0.5, 0.6) is 0 Å². The van der Waals surface area contributed by atoms with Crippen molar-refractivity contribution in [1.29, 1.82) is 0 Å². The Labute approximate surface area is 63.6 Å². The topological polar surface area (TPSA) is 15.3 Å². The van der Waals surface area contributed by atoms with Crippen molar-refractivity contribution < 1.29 is 0 Å². The van der Waals surface area contributed by atoms with Crippen molar-refractivity contribution >= 4 is 0 Å². The lowest BCUT2D eigenvalue weighted by atomic mass is 10.1. The molecule has 1 saturated carbocycles. The molecule has 0 spiro atoms. The highest BCUT2D eigenvalue weighted by molar-refractivity contribution is 4.90. The normalized spacial score (nSPS) is 21.6. The highest BCUT2D eigenvalue weighted by atomic mass is 15.2. The van der Waals surface area contributed by atoms with E-state index in [1.807, 2.05) is 7.05 Å². The quantitative estimate of drug-likeness (QED) is 0.587. The first-order valence-corrected chi connectivity index (χ1v) is 3.99. The van der Waals surface area contributed by atoms with E-state index in [1.165, 1.54) is 19.4 Å². The predicted molar refractivity (Wildman–Crippen MR) is 43.9 cm³/mol. The molecule has 0 aromatic heterocycles. The van der Waals surface area contributed by atoms with E-state index in [2.05, 4.69) is 24.2 Å². The molecule has 0 heterocycles. The number of hydrogen-bond acceptors (Lipinski definition) is 2. The van der Waals surface area contributed by atoms with Crippen LogP contribution in [-0.4, -0.2) is 32.2 Å². The molecule has 0 aliphatic heterocycles. The van der Waals surface area contributed by atoms with E-state index < -0.39 is 0 Å². The van der Waals surface area contributed by atoms with Crippen LogP contribution in [0.25, 0.3) is 0 Å². The first-order valence-electron chi connectivity index (χ1n) is 3.99. The van der Waals surface area contributed by atoms with Gasteiger partial charge in [0.15, 0.2) is 0 Å². The Bertz CT molecular complexity index is 108. The van der Waals surface area contributed by atoms with Gasteiger partial charge in [-0.15, -0.1) is 0 Å². The zero-order chi connectivity index (χ0) is 7.61. The molecule has 1 fully saturated rings. The summed E-state index contributed by atoms with van der Waals surface area (Å²) in [7, 11) is 4.16. The Morgan fingerprint density at radius 2 is 2.10 bits per heavy atom. The SMILES string of the molecule is CNCN(C)CC1(C)CC1. The molecule has 1 aliphatic rings. The Hall–Kier alpha value is -0.0800. The fraction of sp³-hybridized carbons (Fsp3) is 1.00. The fourth-order valence-electron chi connectivity index (χ4n) is 1.35. The largest absolute Gasteiger partial charge is 0.307 e. The highest BCUT2D eigenvalue weighted by Gasteiger charge is 2.37. The lowest BCUT2D eigenvalue weighted by Crippen LogP contribution is -2.32. The third-order valence-corrected chi connectivity index (χ3v) is 2.18. The molecular weight excluding hydrogens is 124 g/mol. The van der Waals surface area contributed by atoms with Gasteiger partial charge >= 0.3 is 0 Å². The Morgan fingerprint density at radius 3 is 2.50 bits per heavy atom. The standard InChI is InChI=1S/C8H18N2/c1-8(4-5-8)6-10(3)7-9-2/h9H,4-7H2,1-3H3. The maximum Gasteiger partial charge on any atom is 0.0475 e. The molecule has 10 heavy (non-hydrogen) atoms. The summed E-state index contributed by atoms with van der Waals surface area (Å²) in [5.74, 6) is 0. The van der Waals surface area contributed by atoms with Crippen molar-refractivity contribution in [2.24, 2.45) is 5.41 Å². The van der Waals surface area contributed by atoms with Gasteiger partial charge in [-0.3, -0.25) is 4.90 Å². The zero-order valence-electron chi connectivity index (χ0n) is 7.28. The molecule has 1 aliphatic carbocycles. The molecule has 0 amide bonds. The molecule has 1 N–H and O–H groups in total. The van der Waals surface area contributed by atoms with E-state index in [4.69, 9.17) is 0 Å². The van der Waals surface area contributed by atoms with Gasteiger partial charge < -0.3 is 5.32 Å². The number of hydrogen-bond donors (Lipinski definition) is 1. The average Bonchev–Trinajstić information content (AvgIpc) is 2.48. The predicted octanol–water partition coefficient (Wildman–Crippen LogP) is 0.895. The maximum atomic E-state index is 3.14. The van der Waals surface area contributed by atoms with Crippen molar-refractivity contribution in [2.75, 3.05) is 27.3 Å². The van der Waals surface area contributed by atoms with Gasteiger partial charge in [0.2, 0.25) is 0 Å². The first-order chi connectivity index (χ1) is 4.66. The van der Waals surface area contributed by atoms with Crippen LogP contribution in [-0.2, 0) is 0 Å². The molecule has 0 aromatic carbocycles. The van der Waals surface area contributed by atoms with Crippen LogP contribution < -0.4 is 5.32 Å². The molecular formula is C8H18N2. The molecule has 0 atom stereocenters. The first kappa shape index (κ1) is 8.02. The van der Waals surface area contributed by atoms with Gasteiger partial charge in [0.1, 0.15) is 0 Å². The molecule has 2 nitrogen and oxygen atoms in total. The second-order valence-corrected chi connectivity index (χ2v) is 3.84. The number of nitrogens with one attached hydrogen (secondary N) is 1. The molecule has 0 saturated heterocycles. The minimum atomic E-state index is 0.658. The van der Waals surface area contributed by atoms with Crippen LogP contribution in [0.1, 0.15) is 19.8 Å². The molecule has 0 unspecified atom stereocenters. The van der Waals surface area contributed by atoms with Gasteiger partial charge in [-0.25, -0.2) is 0 Å². The minimum absolute atomic E-state index is 0.658. The third kappa shape index (κ3) is 2.27. The molecule has 0 radical (unpaired) electrons. The van der Waals surface area contributed by atoms with Crippen LogP contribution in [0.4, 0.5) is 0 Å². The third-order valence-electron chi connectivity index (χ3n) is 2.18. The van der Waals surface area contributed by atoms with Crippen molar-refractivity contribution in [1.82, 2.24) is 10.2 Å². The highest BCUT2D eigenvalue weighted by Crippen LogP contribution is 2.45. The molecule has 0 bridgehead atoms. The van der Waals surface area contributed by atoms with Crippen LogP contribution in [0, 0.1) is 5.41 Å². The summed E-state index contributed by atoms with van der Waals surface area (Å²) < 4.78 is 0. The summed E-state index contributed by atoms with van der Waals surface area (Å²) in [5, 5.41) is 3.14. The minimum Gasteiger partial charge on any atom is -0.307 e. The average molecular weight is 142 g/mol. The van der Waals surface area contributed by atoms with E-state index >= 15 is 0 Å². The lowest BCUT2D eigenvalue weighted by molar-refractivity contribution is 0.263. The molecule has 0 aromatic rings. The van der Waals surface area contributed by atoms with E-state index in [9.17, 15) is 0 Å². The van der Waals surface area contributed by atoms with E-state index in [1.54, 1.807) is 0 Å². The van der Waals surface area contributed by atoms with Crippen LogP contribution >= 0.6 is 0 Å². The summed E-state index contributed by atoms with van der Waals surface area (Å²) in [6.07, 6.45) is 2.84. The second kappa shape index (κ2) is 2.89. The Kier molecular flexibility index (Phi) is 2.32. The summed E-state index contributed by atoms with van der Waals surface area (Å²) in [6.45, 7) is 4.61. The van der Waals surface area contributed by atoms with Crippen LogP contribution in [0.15, 0.2) is 0 Å². The summed E-state index contributed by atoms with van der Waals surface area (Å²) >= 11 is 0. The van der Waals surface area contributed by atoms with Crippen LogP contribution in [0.3, 0.4) is 0 Å².